The molecule has 0 radical (unpaired) electrons. The number of aromatic nitrogens is 1. The highest BCUT2D eigenvalue weighted by Crippen LogP contribution is 2.33. The van der Waals surface area contributed by atoms with Crippen LogP contribution >= 0.6 is 0 Å². The van der Waals surface area contributed by atoms with Gasteiger partial charge in [-0.3, -0.25) is 4.57 Å². The molecule has 0 saturated heterocycles. The normalized spacial score (nSPS) is 10.8. The zero-order valence-corrected chi connectivity index (χ0v) is 9.17. The molecule has 3 heteroatoms. The van der Waals surface area contributed by atoms with Gasteiger partial charge in [0.15, 0.2) is 0 Å². The van der Waals surface area contributed by atoms with Crippen LogP contribution in [0.3, 0.4) is 0 Å². The Morgan fingerprint density at radius 3 is 2.41 bits per heavy atom. The average Bonchev–Trinajstić information content (AvgIpc) is 2.69. The van der Waals surface area contributed by atoms with E-state index in [0.29, 0.717) is 11.1 Å². The van der Waals surface area contributed by atoms with Gasteiger partial charge in [-0.25, -0.2) is 0 Å². The van der Waals surface area contributed by atoms with Crippen molar-refractivity contribution in [2.45, 2.75) is 0 Å². The van der Waals surface area contributed by atoms with Crippen LogP contribution in [0.5, 0.6) is 5.88 Å². The van der Waals surface area contributed by atoms with Crippen molar-refractivity contribution in [1.29, 1.82) is 0 Å². The molecule has 17 heavy (non-hydrogen) atoms. The predicted octanol–water partition coefficient (Wildman–Crippen LogP) is 2.92. The molecule has 3 nitrogen and oxygen atoms in total. The van der Waals surface area contributed by atoms with Gasteiger partial charge in [-0.1, -0.05) is 30.3 Å². The molecular formula is C14H12N2O. The molecule has 0 unspecified atom stereocenters. The third-order valence-corrected chi connectivity index (χ3v) is 2.88. The molecule has 3 N–H and O–H groups in total. The summed E-state index contributed by atoms with van der Waals surface area (Å²) in [5, 5.41) is 11.8. The first kappa shape index (κ1) is 9.78. The van der Waals surface area contributed by atoms with E-state index in [4.69, 9.17) is 5.73 Å². The molecule has 0 aliphatic carbocycles. The fourth-order valence-corrected chi connectivity index (χ4v) is 2.06. The van der Waals surface area contributed by atoms with Gasteiger partial charge in [0.25, 0.3) is 0 Å². The molecule has 84 valence electrons. The predicted molar refractivity (Wildman–Crippen MR) is 69.4 cm³/mol. The Morgan fingerprint density at radius 1 is 0.941 bits per heavy atom. The third-order valence-electron chi connectivity index (χ3n) is 2.88. The molecule has 0 bridgehead atoms. The number of aromatic hydroxyl groups is 1. The van der Waals surface area contributed by atoms with Crippen molar-refractivity contribution in [3.63, 3.8) is 0 Å². The fourth-order valence-electron chi connectivity index (χ4n) is 2.06. The van der Waals surface area contributed by atoms with Crippen LogP contribution in [0.15, 0.2) is 54.7 Å². The summed E-state index contributed by atoms with van der Waals surface area (Å²) in [6, 6.07) is 15.3. The lowest BCUT2D eigenvalue weighted by Crippen LogP contribution is -1.90. The largest absolute Gasteiger partial charge is 0.494 e. The van der Waals surface area contributed by atoms with Gasteiger partial charge < -0.3 is 10.8 Å². The number of benzene rings is 2. The second-order valence-corrected chi connectivity index (χ2v) is 3.97. The Hall–Kier alpha value is -2.42. The molecule has 1 heterocycles. The third kappa shape index (κ3) is 1.44. The van der Waals surface area contributed by atoms with Crippen molar-refractivity contribution in [2.75, 3.05) is 5.73 Å². The summed E-state index contributed by atoms with van der Waals surface area (Å²) < 4.78 is 1.74. The van der Waals surface area contributed by atoms with Gasteiger partial charge in [-0.2, -0.15) is 0 Å². The number of nitrogens with zero attached hydrogens (tertiary/aromatic N) is 1. The average molecular weight is 224 g/mol. The van der Waals surface area contributed by atoms with Gasteiger partial charge in [-0.05, 0) is 18.2 Å². The van der Waals surface area contributed by atoms with E-state index in [2.05, 4.69) is 0 Å². The highest BCUT2D eigenvalue weighted by atomic mass is 16.3. The summed E-state index contributed by atoms with van der Waals surface area (Å²) in [5.74, 6) is 0.185. The molecule has 0 aliphatic rings. The maximum Gasteiger partial charge on any atom is 0.205 e. The van der Waals surface area contributed by atoms with E-state index < -0.39 is 0 Å². The van der Waals surface area contributed by atoms with E-state index in [1.807, 2.05) is 48.7 Å². The minimum atomic E-state index is 0.185. The Balaban J connectivity index is 2.33. The minimum absolute atomic E-state index is 0.185. The van der Waals surface area contributed by atoms with E-state index in [1.54, 1.807) is 10.6 Å². The van der Waals surface area contributed by atoms with Crippen LogP contribution in [-0.4, -0.2) is 9.67 Å². The SMILES string of the molecule is Nc1cccc2cn(-c3ccccc3)c(O)c12. The summed E-state index contributed by atoms with van der Waals surface area (Å²) in [5.41, 5.74) is 7.38. The molecule has 0 saturated carbocycles. The molecule has 3 rings (SSSR count). The van der Waals surface area contributed by atoms with Crippen LogP contribution in [0.4, 0.5) is 5.69 Å². The van der Waals surface area contributed by atoms with Crippen LogP contribution in [0.25, 0.3) is 16.5 Å². The molecule has 2 aromatic carbocycles. The summed E-state index contributed by atoms with van der Waals surface area (Å²) in [4.78, 5) is 0. The van der Waals surface area contributed by atoms with Crippen LogP contribution in [0, 0.1) is 0 Å². The molecule has 0 amide bonds. The van der Waals surface area contributed by atoms with Crippen LogP contribution in [-0.2, 0) is 0 Å². The first-order valence-electron chi connectivity index (χ1n) is 5.41. The lowest BCUT2D eigenvalue weighted by Gasteiger charge is -2.04. The number of nitrogens with two attached hydrogens (primary N) is 1. The molecular weight excluding hydrogens is 212 g/mol. The topological polar surface area (TPSA) is 51.2 Å². The molecule has 0 atom stereocenters. The highest BCUT2D eigenvalue weighted by molar-refractivity contribution is 5.98. The Labute approximate surface area is 98.7 Å². The molecule has 1 aromatic heterocycles. The smallest absolute Gasteiger partial charge is 0.205 e. The number of anilines is 1. The van der Waals surface area contributed by atoms with E-state index in [-0.39, 0.29) is 5.88 Å². The van der Waals surface area contributed by atoms with E-state index in [1.165, 1.54) is 0 Å². The maximum atomic E-state index is 10.2. The van der Waals surface area contributed by atoms with Crippen molar-refractivity contribution < 1.29 is 5.11 Å². The monoisotopic (exact) mass is 224 g/mol. The molecule has 0 spiro atoms. The number of hydrogen-bond donors (Lipinski definition) is 2. The zero-order valence-electron chi connectivity index (χ0n) is 9.17. The first-order chi connectivity index (χ1) is 8.27. The van der Waals surface area contributed by atoms with Gasteiger partial charge in [0, 0.05) is 23.0 Å². The lowest BCUT2D eigenvalue weighted by molar-refractivity contribution is 0.448. The summed E-state index contributed by atoms with van der Waals surface area (Å²) >= 11 is 0. The van der Waals surface area contributed by atoms with E-state index in [0.717, 1.165) is 11.1 Å². The fraction of sp³-hybridized carbons (Fsp3) is 0. The van der Waals surface area contributed by atoms with E-state index in [9.17, 15) is 5.11 Å². The first-order valence-corrected chi connectivity index (χ1v) is 5.41. The van der Waals surface area contributed by atoms with Crippen molar-refractivity contribution in [3.8, 4) is 11.6 Å². The molecule has 0 fully saturated rings. The Morgan fingerprint density at radius 2 is 1.71 bits per heavy atom. The van der Waals surface area contributed by atoms with Gasteiger partial charge in [0.1, 0.15) is 0 Å². The minimum Gasteiger partial charge on any atom is -0.494 e. The van der Waals surface area contributed by atoms with Crippen LogP contribution in [0.1, 0.15) is 0 Å². The quantitative estimate of drug-likeness (QED) is 0.624. The van der Waals surface area contributed by atoms with E-state index >= 15 is 0 Å². The highest BCUT2D eigenvalue weighted by Gasteiger charge is 2.11. The standard InChI is InChI=1S/C14H12N2O/c15-12-8-4-5-10-9-16(14(17)13(10)12)11-6-2-1-3-7-11/h1-9,17H,15H2. The molecule has 0 aliphatic heterocycles. The number of para-hydroxylation sites is 1. The number of nitrogen functional groups attached to an aromatic ring is 1. The number of rotatable bonds is 1. The Bertz CT molecular complexity index is 671. The van der Waals surface area contributed by atoms with Gasteiger partial charge in [0.2, 0.25) is 5.88 Å². The van der Waals surface area contributed by atoms with Crippen molar-refractivity contribution >= 4 is 16.5 Å². The summed E-state index contributed by atoms with van der Waals surface area (Å²) in [6.07, 6.45) is 1.89. The second-order valence-electron chi connectivity index (χ2n) is 3.97. The van der Waals surface area contributed by atoms with Crippen molar-refractivity contribution in [2.24, 2.45) is 0 Å². The summed E-state index contributed by atoms with van der Waals surface area (Å²) in [7, 11) is 0. The lowest BCUT2D eigenvalue weighted by atomic mass is 10.2. The van der Waals surface area contributed by atoms with Gasteiger partial charge in [-0.15, -0.1) is 0 Å². The zero-order chi connectivity index (χ0) is 11.8. The second kappa shape index (κ2) is 3.56. The number of fused-ring (bicyclic) bond motifs is 1. The van der Waals surface area contributed by atoms with Crippen LogP contribution in [0.2, 0.25) is 0 Å². The number of hydrogen-bond acceptors (Lipinski definition) is 2. The van der Waals surface area contributed by atoms with Gasteiger partial charge in [0.05, 0.1) is 5.39 Å². The summed E-state index contributed by atoms with van der Waals surface area (Å²) in [6.45, 7) is 0. The van der Waals surface area contributed by atoms with Crippen molar-refractivity contribution in [3.05, 3.63) is 54.7 Å². The van der Waals surface area contributed by atoms with Crippen molar-refractivity contribution in [1.82, 2.24) is 4.57 Å². The van der Waals surface area contributed by atoms with Crippen LogP contribution < -0.4 is 5.73 Å². The molecule has 3 aromatic rings. The Kier molecular flexibility index (Phi) is 2.05. The maximum absolute atomic E-state index is 10.2. The van der Waals surface area contributed by atoms with Gasteiger partial charge >= 0.3 is 0 Å².